The molecule has 2 aromatic carbocycles. The van der Waals surface area contributed by atoms with E-state index in [1.54, 1.807) is 20.3 Å². The zero-order valence-electron chi connectivity index (χ0n) is 10.4. The highest BCUT2D eigenvalue weighted by atomic mass is 16.5. The molecule has 0 heterocycles. The lowest BCUT2D eigenvalue weighted by atomic mass is 10.0. The molecule has 0 atom stereocenters. The second-order valence-corrected chi connectivity index (χ2v) is 3.87. The van der Waals surface area contributed by atoms with Gasteiger partial charge in [-0.2, -0.15) is 0 Å². The summed E-state index contributed by atoms with van der Waals surface area (Å²) in [5, 5.41) is 0. The molecule has 94 valence electrons. The van der Waals surface area contributed by atoms with Crippen LogP contribution in [-0.4, -0.2) is 14.2 Å². The van der Waals surface area contributed by atoms with Crippen LogP contribution in [0, 0.1) is 0 Å². The van der Waals surface area contributed by atoms with Crippen LogP contribution in [0.5, 0.6) is 11.5 Å². The third kappa shape index (κ3) is 2.05. The molecule has 0 amide bonds. The molecule has 0 saturated heterocycles. The van der Waals surface area contributed by atoms with Gasteiger partial charge in [-0.15, -0.1) is 0 Å². The van der Waals surface area contributed by atoms with Gasteiger partial charge in [-0.1, -0.05) is 12.1 Å². The maximum atomic E-state index is 6.06. The van der Waals surface area contributed by atoms with Crippen molar-refractivity contribution in [2.24, 2.45) is 0 Å². The topological polar surface area (TPSA) is 70.5 Å². The van der Waals surface area contributed by atoms with Crippen molar-refractivity contribution in [3.05, 3.63) is 36.4 Å². The summed E-state index contributed by atoms with van der Waals surface area (Å²) in [6.07, 6.45) is 0. The summed E-state index contributed by atoms with van der Waals surface area (Å²) in [7, 11) is 3.20. The highest BCUT2D eigenvalue weighted by Crippen LogP contribution is 2.37. The Balaban J connectivity index is 2.61. The van der Waals surface area contributed by atoms with Crippen molar-refractivity contribution in [2.45, 2.75) is 0 Å². The molecular weight excluding hydrogens is 228 g/mol. The van der Waals surface area contributed by atoms with Crippen molar-refractivity contribution >= 4 is 11.4 Å². The van der Waals surface area contributed by atoms with Gasteiger partial charge in [0.25, 0.3) is 0 Å². The molecule has 0 aliphatic rings. The van der Waals surface area contributed by atoms with Crippen molar-refractivity contribution in [1.29, 1.82) is 0 Å². The molecular formula is C14H16N2O2. The molecule has 4 nitrogen and oxygen atoms in total. The zero-order valence-corrected chi connectivity index (χ0v) is 10.4. The molecule has 0 aliphatic heterocycles. The fourth-order valence-electron chi connectivity index (χ4n) is 1.85. The average Bonchev–Trinajstić information content (AvgIpc) is 2.40. The molecule has 0 saturated carbocycles. The molecule has 0 unspecified atom stereocenters. The number of hydrogen-bond donors (Lipinski definition) is 2. The SMILES string of the molecule is COc1ccc(N)c(-c2cccc(OC)c2N)c1. The minimum Gasteiger partial charge on any atom is -0.497 e. The smallest absolute Gasteiger partial charge is 0.142 e. The van der Waals surface area contributed by atoms with Gasteiger partial charge in [0, 0.05) is 16.8 Å². The third-order valence-corrected chi connectivity index (χ3v) is 2.84. The average molecular weight is 244 g/mol. The Morgan fingerprint density at radius 1 is 0.889 bits per heavy atom. The van der Waals surface area contributed by atoms with Crippen molar-refractivity contribution < 1.29 is 9.47 Å². The first kappa shape index (κ1) is 12.1. The quantitative estimate of drug-likeness (QED) is 0.814. The molecule has 4 N–H and O–H groups in total. The number of hydrogen-bond acceptors (Lipinski definition) is 4. The van der Waals surface area contributed by atoms with Crippen LogP contribution in [0.1, 0.15) is 0 Å². The highest BCUT2D eigenvalue weighted by molar-refractivity contribution is 5.87. The Bertz CT molecular complexity index is 568. The highest BCUT2D eigenvalue weighted by Gasteiger charge is 2.11. The number of benzene rings is 2. The van der Waals surface area contributed by atoms with E-state index >= 15 is 0 Å². The molecule has 0 aliphatic carbocycles. The predicted octanol–water partition coefficient (Wildman–Crippen LogP) is 2.54. The summed E-state index contributed by atoms with van der Waals surface area (Å²) in [5.74, 6) is 1.37. The van der Waals surface area contributed by atoms with Crippen LogP contribution in [0.4, 0.5) is 11.4 Å². The monoisotopic (exact) mass is 244 g/mol. The summed E-state index contributed by atoms with van der Waals surface area (Å²) in [4.78, 5) is 0. The Labute approximate surface area is 106 Å². The summed E-state index contributed by atoms with van der Waals surface area (Å²) < 4.78 is 10.4. The van der Waals surface area contributed by atoms with E-state index in [0.29, 0.717) is 17.1 Å². The molecule has 0 radical (unpaired) electrons. The summed E-state index contributed by atoms with van der Waals surface area (Å²) in [5.41, 5.74) is 14.9. The van der Waals surface area contributed by atoms with Crippen LogP contribution in [0.3, 0.4) is 0 Å². The van der Waals surface area contributed by atoms with E-state index in [-0.39, 0.29) is 0 Å². The molecule has 18 heavy (non-hydrogen) atoms. The van der Waals surface area contributed by atoms with Crippen LogP contribution in [0.25, 0.3) is 11.1 Å². The molecule has 0 aromatic heterocycles. The lowest BCUT2D eigenvalue weighted by molar-refractivity contribution is 0.415. The van der Waals surface area contributed by atoms with Gasteiger partial charge in [0.15, 0.2) is 0 Å². The van der Waals surface area contributed by atoms with Crippen LogP contribution in [-0.2, 0) is 0 Å². The summed E-state index contributed by atoms with van der Waals surface area (Å²) in [6, 6.07) is 11.1. The fraction of sp³-hybridized carbons (Fsp3) is 0.143. The van der Waals surface area contributed by atoms with Gasteiger partial charge in [-0.05, 0) is 24.3 Å². The largest absolute Gasteiger partial charge is 0.497 e. The maximum absolute atomic E-state index is 6.06. The first-order chi connectivity index (χ1) is 8.67. The Morgan fingerprint density at radius 3 is 2.33 bits per heavy atom. The minimum atomic E-state index is 0.569. The fourth-order valence-corrected chi connectivity index (χ4v) is 1.85. The molecule has 2 rings (SSSR count). The van der Waals surface area contributed by atoms with Crippen molar-refractivity contribution in [1.82, 2.24) is 0 Å². The van der Waals surface area contributed by atoms with Crippen LogP contribution < -0.4 is 20.9 Å². The first-order valence-electron chi connectivity index (χ1n) is 5.53. The van der Waals surface area contributed by atoms with Crippen molar-refractivity contribution in [3.8, 4) is 22.6 Å². The molecule has 4 heteroatoms. The van der Waals surface area contributed by atoms with E-state index in [4.69, 9.17) is 20.9 Å². The second-order valence-electron chi connectivity index (χ2n) is 3.87. The number of para-hydroxylation sites is 1. The standard InChI is InChI=1S/C14H16N2O2/c1-17-9-6-7-12(15)11(8-9)10-4-3-5-13(18-2)14(10)16/h3-8H,15-16H2,1-2H3. The summed E-state index contributed by atoms with van der Waals surface area (Å²) >= 11 is 0. The summed E-state index contributed by atoms with van der Waals surface area (Å²) in [6.45, 7) is 0. The van der Waals surface area contributed by atoms with E-state index in [1.807, 2.05) is 30.3 Å². The van der Waals surface area contributed by atoms with Crippen LogP contribution in [0.15, 0.2) is 36.4 Å². The number of nitrogen functional groups attached to an aromatic ring is 2. The van der Waals surface area contributed by atoms with Gasteiger partial charge in [-0.25, -0.2) is 0 Å². The maximum Gasteiger partial charge on any atom is 0.142 e. The second kappa shape index (κ2) is 4.87. The number of rotatable bonds is 3. The van der Waals surface area contributed by atoms with E-state index in [1.165, 1.54) is 0 Å². The third-order valence-electron chi connectivity index (χ3n) is 2.84. The zero-order chi connectivity index (χ0) is 13.1. The lowest BCUT2D eigenvalue weighted by Gasteiger charge is -2.13. The minimum absolute atomic E-state index is 0.569. The normalized spacial score (nSPS) is 10.1. The van der Waals surface area contributed by atoms with Crippen molar-refractivity contribution in [2.75, 3.05) is 25.7 Å². The van der Waals surface area contributed by atoms with E-state index in [9.17, 15) is 0 Å². The predicted molar refractivity (Wildman–Crippen MR) is 73.8 cm³/mol. The van der Waals surface area contributed by atoms with E-state index in [2.05, 4.69) is 0 Å². The van der Waals surface area contributed by atoms with E-state index < -0.39 is 0 Å². The molecule has 0 spiro atoms. The van der Waals surface area contributed by atoms with Gasteiger partial charge >= 0.3 is 0 Å². The van der Waals surface area contributed by atoms with Gasteiger partial charge in [0.05, 0.1) is 19.9 Å². The van der Waals surface area contributed by atoms with Gasteiger partial charge in [0.1, 0.15) is 11.5 Å². The Hall–Kier alpha value is -2.36. The van der Waals surface area contributed by atoms with Crippen molar-refractivity contribution in [3.63, 3.8) is 0 Å². The molecule has 0 fully saturated rings. The Morgan fingerprint density at radius 2 is 1.67 bits per heavy atom. The number of methoxy groups -OCH3 is 2. The number of ether oxygens (including phenoxy) is 2. The molecule has 0 bridgehead atoms. The molecule has 2 aromatic rings. The van der Waals surface area contributed by atoms with Crippen LogP contribution in [0.2, 0.25) is 0 Å². The van der Waals surface area contributed by atoms with Crippen LogP contribution >= 0.6 is 0 Å². The van der Waals surface area contributed by atoms with Gasteiger partial charge in [-0.3, -0.25) is 0 Å². The van der Waals surface area contributed by atoms with Gasteiger partial charge < -0.3 is 20.9 Å². The first-order valence-corrected chi connectivity index (χ1v) is 5.53. The number of nitrogens with two attached hydrogens (primary N) is 2. The lowest BCUT2D eigenvalue weighted by Crippen LogP contribution is -1.98. The van der Waals surface area contributed by atoms with Gasteiger partial charge in [0.2, 0.25) is 0 Å². The van der Waals surface area contributed by atoms with E-state index in [0.717, 1.165) is 16.9 Å². The Kier molecular flexibility index (Phi) is 3.28. The number of anilines is 2.